The third-order valence-corrected chi connectivity index (χ3v) is 6.38. The Morgan fingerprint density at radius 1 is 1.05 bits per heavy atom. The van der Waals surface area contributed by atoms with Crippen molar-refractivity contribution < 1.29 is 4.52 Å². The number of rotatable bonds is 5. The molecule has 0 spiro atoms. The fourth-order valence-corrected chi connectivity index (χ4v) is 4.73. The number of aromatic nitrogens is 2. The third-order valence-electron chi connectivity index (χ3n) is 5.01. The molecule has 0 aliphatic heterocycles. The van der Waals surface area contributed by atoms with Crippen molar-refractivity contribution in [3.05, 3.63) is 11.7 Å². The summed E-state index contributed by atoms with van der Waals surface area (Å²) in [7, 11) is 0. The lowest BCUT2D eigenvalue weighted by Gasteiger charge is -2.24. The first kappa shape index (κ1) is 15.3. The maximum absolute atomic E-state index is 5.75. The van der Waals surface area contributed by atoms with Gasteiger partial charge in [0.05, 0.1) is 5.75 Å². The summed E-state index contributed by atoms with van der Waals surface area (Å²) in [6, 6.07) is 0. The molecule has 5 heteroatoms. The summed E-state index contributed by atoms with van der Waals surface area (Å²) in [5, 5.41) is 4.99. The second-order valence-corrected chi connectivity index (χ2v) is 7.86. The minimum atomic E-state index is 0.466. The van der Waals surface area contributed by atoms with E-state index in [-0.39, 0.29) is 0 Å². The molecular weight excluding hydrogens is 282 g/mol. The van der Waals surface area contributed by atoms with Crippen molar-refractivity contribution in [2.45, 2.75) is 74.7 Å². The van der Waals surface area contributed by atoms with Gasteiger partial charge in [0.25, 0.3) is 0 Å². The number of thioether (sulfide) groups is 1. The molecule has 4 nitrogen and oxygen atoms in total. The molecule has 0 unspecified atom stereocenters. The maximum atomic E-state index is 5.75. The molecule has 0 saturated heterocycles. The summed E-state index contributed by atoms with van der Waals surface area (Å²) in [5.41, 5.74) is 5.75. The van der Waals surface area contributed by atoms with Crippen molar-refractivity contribution >= 4 is 11.8 Å². The highest BCUT2D eigenvalue weighted by Gasteiger charge is 2.26. The van der Waals surface area contributed by atoms with Crippen molar-refractivity contribution in [2.24, 2.45) is 11.7 Å². The van der Waals surface area contributed by atoms with Crippen LogP contribution in [0.3, 0.4) is 0 Å². The van der Waals surface area contributed by atoms with E-state index in [0.717, 1.165) is 42.1 Å². The van der Waals surface area contributed by atoms with Crippen LogP contribution in [0.4, 0.5) is 0 Å². The number of nitrogens with zero attached hydrogens (tertiary/aromatic N) is 2. The van der Waals surface area contributed by atoms with E-state index in [0.29, 0.717) is 11.8 Å². The average Bonchev–Trinajstić information content (AvgIpc) is 3.03. The quantitative estimate of drug-likeness (QED) is 0.894. The molecule has 2 saturated carbocycles. The maximum Gasteiger partial charge on any atom is 0.229 e. The summed E-state index contributed by atoms with van der Waals surface area (Å²) in [6.07, 6.45) is 11.6. The monoisotopic (exact) mass is 309 g/mol. The van der Waals surface area contributed by atoms with Crippen molar-refractivity contribution in [1.29, 1.82) is 0 Å². The fraction of sp³-hybridized carbons (Fsp3) is 0.875. The predicted octanol–water partition coefficient (Wildman–Crippen LogP) is 3.87. The molecule has 0 atom stereocenters. The van der Waals surface area contributed by atoms with Gasteiger partial charge in [-0.25, -0.2) is 0 Å². The van der Waals surface area contributed by atoms with Crippen molar-refractivity contribution in [3.63, 3.8) is 0 Å². The average molecular weight is 309 g/mol. The highest BCUT2D eigenvalue weighted by molar-refractivity contribution is 7.99. The van der Waals surface area contributed by atoms with Crippen LogP contribution in [-0.2, 0) is 5.75 Å². The lowest BCUT2D eigenvalue weighted by atomic mass is 9.82. The Morgan fingerprint density at radius 2 is 1.81 bits per heavy atom. The van der Waals surface area contributed by atoms with Gasteiger partial charge in [-0.15, -0.1) is 0 Å². The van der Waals surface area contributed by atoms with E-state index in [4.69, 9.17) is 10.3 Å². The van der Waals surface area contributed by atoms with Crippen molar-refractivity contribution in [3.8, 4) is 0 Å². The van der Waals surface area contributed by atoms with Gasteiger partial charge in [0, 0.05) is 11.2 Å². The Hall–Kier alpha value is -0.550. The van der Waals surface area contributed by atoms with E-state index in [9.17, 15) is 0 Å². The highest BCUT2D eigenvalue weighted by atomic mass is 32.2. The molecule has 0 radical (unpaired) electrons. The molecule has 3 rings (SSSR count). The Balaban J connectivity index is 1.47. The molecule has 2 aliphatic carbocycles. The molecule has 2 fully saturated rings. The summed E-state index contributed by atoms with van der Waals surface area (Å²) in [5.74, 6) is 3.83. The molecule has 1 aromatic heterocycles. The SMILES string of the molecule is NCC1CCC(c2nc(CSC3CCCCC3)no2)CC1. The van der Waals surface area contributed by atoms with Gasteiger partial charge in [0.2, 0.25) is 5.89 Å². The summed E-state index contributed by atoms with van der Waals surface area (Å²) < 4.78 is 5.51. The van der Waals surface area contributed by atoms with Crippen LogP contribution in [-0.4, -0.2) is 21.9 Å². The van der Waals surface area contributed by atoms with Crippen molar-refractivity contribution in [1.82, 2.24) is 10.1 Å². The largest absolute Gasteiger partial charge is 0.339 e. The van der Waals surface area contributed by atoms with Gasteiger partial charge >= 0.3 is 0 Å². The number of nitrogens with two attached hydrogens (primary N) is 1. The first-order chi connectivity index (χ1) is 10.3. The molecule has 0 aromatic carbocycles. The zero-order chi connectivity index (χ0) is 14.5. The smallest absolute Gasteiger partial charge is 0.229 e. The van der Waals surface area contributed by atoms with Crippen molar-refractivity contribution in [2.75, 3.05) is 6.54 Å². The van der Waals surface area contributed by atoms with Crippen LogP contribution in [0.1, 0.15) is 75.4 Å². The molecule has 2 aliphatic rings. The molecule has 118 valence electrons. The Bertz CT molecular complexity index is 423. The van der Waals surface area contributed by atoms with Gasteiger partial charge in [0.1, 0.15) is 0 Å². The van der Waals surface area contributed by atoms with E-state index < -0.39 is 0 Å². The van der Waals surface area contributed by atoms with E-state index in [1.54, 1.807) is 0 Å². The van der Waals surface area contributed by atoms with Gasteiger partial charge < -0.3 is 10.3 Å². The summed E-state index contributed by atoms with van der Waals surface area (Å²) in [6.45, 7) is 0.819. The topological polar surface area (TPSA) is 64.9 Å². The van der Waals surface area contributed by atoms with Crippen LogP contribution in [0, 0.1) is 5.92 Å². The van der Waals surface area contributed by atoms with Crippen LogP contribution < -0.4 is 5.73 Å². The standard InChI is InChI=1S/C16H27N3OS/c17-10-12-6-8-13(9-7-12)16-18-15(19-20-16)11-21-14-4-2-1-3-5-14/h12-14H,1-11,17H2. The normalized spacial score (nSPS) is 27.9. The second-order valence-electron chi connectivity index (χ2n) is 6.57. The second kappa shape index (κ2) is 7.63. The van der Waals surface area contributed by atoms with Gasteiger partial charge in [-0.05, 0) is 51.0 Å². The minimum Gasteiger partial charge on any atom is -0.339 e. The number of hydrogen-bond donors (Lipinski definition) is 1. The van der Waals surface area contributed by atoms with Crippen LogP contribution in [0.5, 0.6) is 0 Å². The zero-order valence-electron chi connectivity index (χ0n) is 12.8. The van der Waals surface area contributed by atoms with E-state index in [1.165, 1.54) is 44.9 Å². The van der Waals surface area contributed by atoms with E-state index in [2.05, 4.69) is 10.1 Å². The first-order valence-electron chi connectivity index (χ1n) is 8.49. The fourth-order valence-electron chi connectivity index (χ4n) is 3.56. The Labute approximate surface area is 131 Å². The molecule has 2 N–H and O–H groups in total. The third kappa shape index (κ3) is 4.22. The van der Waals surface area contributed by atoms with Gasteiger partial charge in [-0.3, -0.25) is 0 Å². The zero-order valence-corrected chi connectivity index (χ0v) is 13.6. The van der Waals surface area contributed by atoms with Crippen LogP contribution in [0.15, 0.2) is 4.52 Å². The lowest BCUT2D eigenvalue weighted by Crippen LogP contribution is -2.20. The first-order valence-corrected chi connectivity index (χ1v) is 9.54. The molecule has 0 bridgehead atoms. The molecule has 1 aromatic rings. The highest BCUT2D eigenvalue weighted by Crippen LogP contribution is 2.35. The van der Waals surface area contributed by atoms with Gasteiger partial charge in [-0.1, -0.05) is 24.4 Å². The van der Waals surface area contributed by atoms with Crippen LogP contribution in [0.2, 0.25) is 0 Å². The summed E-state index contributed by atoms with van der Waals surface area (Å²) >= 11 is 2.01. The summed E-state index contributed by atoms with van der Waals surface area (Å²) in [4.78, 5) is 4.64. The van der Waals surface area contributed by atoms with Crippen LogP contribution in [0.25, 0.3) is 0 Å². The van der Waals surface area contributed by atoms with E-state index >= 15 is 0 Å². The Morgan fingerprint density at radius 3 is 2.52 bits per heavy atom. The molecule has 0 amide bonds. The van der Waals surface area contributed by atoms with Gasteiger partial charge in [-0.2, -0.15) is 16.7 Å². The molecule has 21 heavy (non-hydrogen) atoms. The van der Waals surface area contributed by atoms with Crippen LogP contribution >= 0.6 is 11.8 Å². The Kier molecular flexibility index (Phi) is 5.58. The number of hydrogen-bond acceptors (Lipinski definition) is 5. The predicted molar refractivity (Wildman–Crippen MR) is 86.2 cm³/mol. The molecule has 1 heterocycles. The van der Waals surface area contributed by atoms with E-state index in [1.807, 2.05) is 11.8 Å². The minimum absolute atomic E-state index is 0.466. The van der Waals surface area contributed by atoms with Gasteiger partial charge in [0.15, 0.2) is 5.82 Å². The lowest BCUT2D eigenvalue weighted by molar-refractivity contribution is 0.274. The molecular formula is C16H27N3OS.